The normalized spacial score (nSPS) is 10.6. The number of anilines is 1. The summed E-state index contributed by atoms with van der Waals surface area (Å²) in [4.78, 5) is 31.1. The molecule has 2 N–H and O–H groups in total. The van der Waals surface area contributed by atoms with Gasteiger partial charge in [-0.3, -0.25) is 24.8 Å². The van der Waals surface area contributed by atoms with Gasteiger partial charge in [0, 0.05) is 43.1 Å². The fourth-order valence-electron chi connectivity index (χ4n) is 2.19. The van der Waals surface area contributed by atoms with Crippen molar-refractivity contribution in [1.29, 1.82) is 0 Å². The molecule has 2 amide bonds. The predicted octanol–water partition coefficient (Wildman–Crippen LogP) is 1.47. The van der Waals surface area contributed by atoms with Crippen molar-refractivity contribution in [3.8, 4) is 0 Å². The predicted molar refractivity (Wildman–Crippen MR) is 93.2 cm³/mol. The van der Waals surface area contributed by atoms with Gasteiger partial charge in [-0.15, -0.1) is 11.3 Å². The number of nitrogens with one attached hydrogen (secondary N) is 2. The molecule has 8 heteroatoms. The lowest BCUT2D eigenvalue weighted by molar-refractivity contribution is -0.121. The fraction of sp³-hybridized carbons (Fsp3) is 0.188. The van der Waals surface area contributed by atoms with Gasteiger partial charge in [-0.2, -0.15) is 0 Å². The van der Waals surface area contributed by atoms with Crippen LogP contribution in [0, 0.1) is 0 Å². The van der Waals surface area contributed by atoms with Crippen LogP contribution in [0.1, 0.15) is 16.1 Å². The maximum Gasteiger partial charge on any atom is 0.269 e. The minimum Gasteiger partial charge on any atom is -0.378 e. The third-order valence-corrected chi connectivity index (χ3v) is 4.20. The molecule has 0 unspecified atom stereocenters. The Morgan fingerprint density at radius 1 is 1.29 bits per heavy atom. The molecular weight excluding hydrogens is 326 g/mol. The van der Waals surface area contributed by atoms with Crippen molar-refractivity contribution < 1.29 is 9.59 Å². The molecule has 0 aliphatic heterocycles. The Labute approximate surface area is 142 Å². The van der Waals surface area contributed by atoms with Gasteiger partial charge in [-0.1, -0.05) is 6.07 Å². The van der Waals surface area contributed by atoms with Gasteiger partial charge in [-0.25, -0.2) is 4.98 Å². The molecular formula is C16H17N5O2S. The molecule has 0 aliphatic carbocycles. The SMILES string of the molecule is CN(C)c1cccc(C(=O)NNC(=O)Cc2cn3ccsc3n2)c1. The summed E-state index contributed by atoms with van der Waals surface area (Å²) in [7, 11) is 3.79. The first-order valence-corrected chi connectivity index (χ1v) is 8.18. The zero-order chi connectivity index (χ0) is 17.1. The van der Waals surface area contributed by atoms with Crippen LogP contribution in [-0.4, -0.2) is 35.3 Å². The largest absolute Gasteiger partial charge is 0.378 e. The van der Waals surface area contributed by atoms with Gasteiger partial charge >= 0.3 is 0 Å². The standard InChI is InChI=1S/C16H17N5O2S/c1-20(2)13-5-3-4-11(8-13)15(23)19-18-14(22)9-12-10-21-6-7-24-16(21)17-12/h3-8,10H,9H2,1-2H3,(H,18,22)(H,19,23). The molecule has 0 spiro atoms. The van der Waals surface area contributed by atoms with E-state index in [0.29, 0.717) is 11.3 Å². The number of thiazole rings is 1. The summed E-state index contributed by atoms with van der Waals surface area (Å²) in [5, 5.41) is 1.92. The Hall–Kier alpha value is -2.87. The first kappa shape index (κ1) is 16.0. The first-order valence-electron chi connectivity index (χ1n) is 7.30. The van der Waals surface area contributed by atoms with Crippen LogP contribution < -0.4 is 15.8 Å². The van der Waals surface area contributed by atoms with Crippen molar-refractivity contribution in [3.63, 3.8) is 0 Å². The summed E-state index contributed by atoms with van der Waals surface area (Å²) in [5.41, 5.74) is 6.88. The maximum atomic E-state index is 12.1. The van der Waals surface area contributed by atoms with E-state index in [-0.39, 0.29) is 18.2 Å². The molecule has 0 fully saturated rings. The van der Waals surface area contributed by atoms with E-state index in [0.717, 1.165) is 10.6 Å². The van der Waals surface area contributed by atoms with E-state index >= 15 is 0 Å². The fourth-order valence-corrected chi connectivity index (χ4v) is 2.91. The Balaban J connectivity index is 1.56. The summed E-state index contributed by atoms with van der Waals surface area (Å²) in [6.45, 7) is 0. The van der Waals surface area contributed by atoms with Crippen LogP contribution in [0.4, 0.5) is 5.69 Å². The van der Waals surface area contributed by atoms with E-state index in [1.165, 1.54) is 11.3 Å². The number of aromatic nitrogens is 2. The Kier molecular flexibility index (Phi) is 4.48. The van der Waals surface area contributed by atoms with E-state index in [1.54, 1.807) is 24.4 Å². The van der Waals surface area contributed by atoms with Crippen LogP contribution in [0.15, 0.2) is 42.0 Å². The highest BCUT2D eigenvalue weighted by atomic mass is 32.1. The zero-order valence-corrected chi connectivity index (χ0v) is 14.1. The van der Waals surface area contributed by atoms with Gasteiger partial charge in [0.15, 0.2) is 4.96 Å². The minimum absolute atomic E-state index is 0.104. The number of imidazole rings is 1. The Morgan fingerprint density at radius 2 is 2.12 bits per heavy atom. The topological polar surface area (TPSA) is 78.7 Å². The van der Waals surface area contributed by atoms with Crippen LogP contribution in [0.2, 0.25) is 0 Å². The monoisotopic (exact) mass is 343 g/mol. The highest BCUT2D eigenvalue weighted by Gasteiger charge is 2.11. The molecule has 1 aromatic carbocycles. The van der Waals surface area contributed by atoms with E-state index in [4.69, 9.17) is 0 Å². The summed E-state index contributed by atoms with van der Waals surface area (Å²) in [5.74, 6) is -0.684. The summed E-state index contributed by atoms with van der Waals surface area (Å²) in [6.07, 6.45) is 3.79. The highest BCUT2D eigenvalue weighted by molar-refractivity contribution is 7.15. The third kappa shape index (κ3) is 3.54. The molecule has 3 aromatic rings. The van der Waals surface area contributed by atoms with Crippen LogP contribution in [0.3, 0.4) is 0 Å². The molecule has 0 saturated heterocycles. The van der Waals surface area contributed by atoms with E-state index in [1.807, 2.05) is 41.0 Å². The van der Waals surface area contributed by atoms with Crippen molar-refractivity contribution in [2.45, 2.75) is 6.42 Å². The second-order valence-corrected chi connectivity index (χ2v) is 6.32. The van der Waals surface area contributed by atoms with Crippen molar-refractivity contribution in [1.82, 2.24) is 20.2 Å². The van der Waals surface area contributed by atoms with Gasteiger partial charge in [-0.05, 0) is 18.2 Å². The van der Waals surface area contributed by atoms with E-state index in [2.05, 4.69) is 15.8 Å². The molecule has 7 nitrogen and oxygen atoms in total. The molecule has 2 aromatic heterocycles. The zero-order valence-electron chi connectivity index (χ0n) is 13.3. The van der Waals surface area contributed by atoms with E-state index < -0.39 is 0 Å². The van der Waals surface area contributed by atoms with Gasteiger partial charge < -0.3 is 4.90 Å². The molecule has 3 rings (SSSR count). The number of rotatable bonds is 4. The number of carbonyl (C=O) groups is 2. The lowest BCUT2D eigenvalue weighted by Crippen LogP contribution is -2.42. The highest BCUT2D eigenvalue weighted by Crippen LogP contribution is 2.13. The molecule has 0 bridgehead atoms. The first-order chi connectivity index (χ1) is 11.5. The van der Waals surface area contributed by atoms with Crippen LogP contribution in [0.5, 0.6) is 0 Å². The molecule has 2 heterocycles. The molecule has 0 aliphatic rings. The third-order valence-electron chi connectivity index (χ3n) is 3.43. The number of fused-ring (bicyclic) bond motifs is 1. The van der Waals surface area contributed by atoms with Gasteiger partial charge in [0.05, 0.1) is 12.1 Å². The maximum absolute atomic E-state index is 12.1. The Bertz CT molecular complexity index is 855. The number of benzene rings is 1. The summed E-state index contributed by atoms with van der Waals surface area (Å²) < 4.78 is 1.86. The number of hydrogen-bond acceptors (Lipinski definition) is 5. The average molecular weight is 343 g/mol. The summed E-state index contributed by atoms with van der Waals surface area (Å²) in [6, 6.07) is 7.15. The molecule has 124 valence electrons. The molecule has 24 heavy (non-hydrogen) atoms. The Morgan fingerprint density at radius 3 is 2.88 bits per heavy atom. The number of amides is 2. The smallest absolute Gasteiger partial charge is 0.269 e. The van der Waals surface area contributed by atoms with Gasteiger partial charge in [0.25, 0.3) is 5.91 Å². The van der Waals surface area contributed by atoms with Crippen LogP contribution >= 0.6 is 11.3 Å². The number of hydrazine groups is 1. The quantitative estimate of drug-likeness (QED) is 0.703. The molecule has 0 atom stereocenters. The van der Waals surface area contributed by atoms with Crippen LogP contribution in [-0.2, 0) is 11.2 Å². The average Bonchev–Trinajstić information content (AvgIpc) is 3.14. The lowest BCUT2D eigenvalue weighted by atomic mass is 10.2. The van der Waals surface area contributed by atoms with Crippen molar-refractivity contribution in [3.05, 3.63) is 53.3 Å². The number of nitrogens with zero attached hydrogens (tertiary/aromatic N) is 3. The molecule has 0 radical (unpaired) electrons. The number of carbonyl (C=O) groups excluding carboxylic acids is 2. The minimum atomic E-state index is -0.363. The lowest BCUT2D eigenvalue weighted by Gasteiger charge is -2.13. The van der Waals surface area contributed by atoms with Crippen LogP contribution in [0.25, 0.3) is 4.96 Å². The van der Waals surface area contributed by atoms with Crippen molar-refractivity contribution in [2.24, 2.45) is 0 Å². The number of hydrogen-bond donors (Lipinski definition) is 2. The van der Waals surface area contributed by atoms with Gasteiger partial charge in [0.2, 0.25) is 5.91 Å². The summed E-state index contributed by atoms with van der Waals surface area (Å²) >= 11 is 1.50. The second kappa shape index (κ2) is 6.71. The van der Waals surface area contributed by atoms with E-state index in [9.17, 15) is 9.59 Å². The molecule has 0 saturated carbocycles. The van der Waals surface area contributed by atoms with Crippen molar-refractivity contribution in [2.75, 3.05) is 19.0 Å². The second-order valence-electron chi connectivity index (χ2n) is 5.45. The van der Waals surface area contributed by atoms with Crippen molar-refractivity contribution >= 4 is 33.8 Å². The van der Waals surface area contributed by atoms with Gasteiger partial charge in [0.1, 0.15) is 0 Å².